The van der Waals surface area contributed by atoms with Crippen LogP contribution in [0.25, 0.3) is 28.1 Å². The second kappa shape index (κ2) is 4.41. The first-order chi connectivity index (χ1) is 10.3. The van der Waals surface area contributed by atoms with Crippen molar-refractivity contribution in [1.29, 1.82) is 0 Å². The van der Waals surface area contributed by atoms with E-state index in [4.69, 9.17) is 5.73 Å². The lowest BCUT2D eigenvalue weighted by atomic mass is 10.2. The maximum absolute atomic E-state index is 6.11. The third-order valence-electron chi connectivity index (χ3n) is 3.20. The van der Waals surface area contributed by atoms with E-state index in [2.05, 4.69) is 25.1 Å². The minimum absolute atomic E-state index is 0.396. The highest BCUT2D eigenvalue weighted by Gasteiger charge is 2.14. The molecule has 4 rings (SSSR count). The summed E-state index contributed by atoms with van der Waals surface area (Å²) < 4.78 is 0. The Bertz CT molecular complexity index is 894. The molecule has 0 radical (unpaired) electrons. The number of hydrogen-bond acceptors (Lipinski definition) is 5. The Kier molecular flexibility index (Phi) is 2.43. The standard InChI is InChI=1S/C14H11N7/c15-12-11-10(21-17-6-7-18-21)8-16-14(11)20-13(19-12)9-4-2-1-3-5-9/h1-8H,(H3,15,16,19,20). The number of nitrogens with zero attached hydrogens (tertiary/aromatic N) is 5. The van der Waals surface area contributed by atoms with E-state index >= 15 is 0 Å². The van der Waals surface area contributed by atoms with Crippen LogP contribution < -0.4 is 5.73 Å². The predicted molar refractivity (Wildman–Crippen MR) is 78.7 cm³/mol. The van der Waals surface area contributed by atoms with Gasteiger partial charge in [0.05, 0.1) is 17.8 Å². The fraction of sp³-hybridized carbons (Fsp3) is 0. The topological polar surface area (TPSA) is 98.3 Å². The number of nitrogen functional groups attached to an aromatic ring is 1. The van der Waals surface area contributed by atoms with Crippen LogP contribution in [0.5, 0.6) is 0 Å². The highest BCUT2D eigenvalue weighted by Crippen LogP contribution is 2.27. The lowest BCUT2D eigenvalue weighted by Crippen LogP contribution is -2.01. The van der Waals surface area contributed by atoms with E-state index < -0.39 is 0 Å². The average molecular weight is 277 g/mol. The summed E-state index contributed by atoms with van der Waals surface area (Å²) in [4.78, 5) is 13.5. The van der Waals surface area contributed by atoms with E-state index in [0.717, 1.165) is 11.3 Å². The molecule has 0 fully saturated rings. The number of H-pyrrole nitrogens is 1. The molecule has 0 amide bonds. The molecule has 0 aliphatic carbocycles. The van der Waals surface area contributed by atoms with Gasteiger partial charge in [-0.25, -0.2) is 9.97 Å². The molecule has 102 valence electrons. The lowest BCUT2D eigenvalue weighted by Gasteiger charge is -2.04. The summed E-state index contributed by atoms with van der Waals surface area (Å²) in [5.41, 5.74) is 8.41. The summed E-state index contributed by atoms with van der Waals surface area (Å²) in [7, 11) is 0. The Morgan fingerprint density at radius 3 is 2.52 bits per heavy atom. The highest BCUT2D eigenvalue weighted by molar-refractivity contribution is 5.94. The number of rotatable bonds is 2. The van der Waals surface area contributed by atoms with Crippen LogP contribution in [0.2, 0.25) is 0 Å². The summed E-state index contributed by atoms with van der Waals surface area (Å²) >= 11 is 0. The van der Waals surface area contributed by atoms with Gasteiger partial charge in [-0.3, -0.25) is 0 Å². The third-order valence-corrected chi connectivity index (χ3v) is 3.20. The maximum Gasteiger partial charge on any atom is 0.163 e. The van der Waals surface area contributed by atoms with E-state index in [9.17, 15) is 0 Å². The third kappa shape index (κ3) is 1.83. The molecule has 3 heterocycles. The van der Waals surface area contributed by atoms with Gasteiger partial charge in [-0.15, -0.1) is 4.80 Å². The van der Waals surface area contributed by atoms with E-state index in [-0.39, 0.29) is 0 Å². The molecule has 0 saturated heterocycles. The fourth-order valence-electron chi connectivity index (χ4n) is 2.26. The van der Waals surface area contributed by atoms with Gasteiger partial charge in [-0.05, 0) is 0 Å². The summed E-state index contributed by atoms with van der Waals surface area (Å²) in [6, 6.07) is 9.71. The Morgan fingerprint density at radius 1 is 1.00 bits per heavy atom. The van der Waals surface area contributed by atoms with Gasteiger partial charge < -0.3 is 10.7 Å². The normalized spacial score (nSPS) is 11.0. The van der Waals surface area contributed by atoms with Crippen LogP contribution in [0, 0.1) is 0 Å². The SMILES string of the molecule is Nc1nc(-c2ccccc2)nc2[nH]cc(-n3nccn3)c12. The summed E-state index contributed by atoms with van der Waals surface area (Å²) in [6.45, 7) is 0. The smallest absolute Gasteiger partial charge is 0.163 e. The first-order valence-electron chi connectivity index (χ1n) is 6.39. The van der Waals surface area contributed by atoms with Gasteiger partial charge in [-0.2, -0.15) is 10.2 Å². The molecule has 0 bridgehead atoms. The van der Waals surface area contributed by atoms with E-state index in [1.807, 2.05) is 30.3 Å². The quantitative estimate of drug-likeness (QED) is 0.582. The van der Waals surface area contributed by atoms with Gasteiger partial charge in [0.25, 0.3) is 0 Å². The summed E-state index contributed by atoms with van der Waals surface area (Å²) in [5, 5.41) is 8.92. The molecule has 0 atom stereocenters. The van der Waals surface area contributed by atoms with Crippen LogP contribution in [0.3, 0.4) is 0 Å². The van der Waals surface area contributed by atoms with Crippen molar-refractivity contribution >= 4 is 16.9 Å². The maximum atomic E-state index is 6.11. The molecule has 7 heteroatoms. The number of fused-ring (bicyclic) bond motifs is 1. The molecule has 3 aromatic heterocycles. The Labute approximate surface area is 119 Å². The number of aromatic amines is 1. The van der Waals surface area contributed by atoms with Crippen LogP contribution in [0.4, 0.5) is 5.82 Å². The van der Waals surface area contributed by atoms with E-state index in [1.165, 1.54) is 4.80 Å². The molecule has 0 spiro atoms. The molecule has 0 unspecified atom stereocenters. The number of aromatic nitrogens is 6. The average Bonchev–Trinajstić information content (AvgIpc) is 3.17. The van der Waals surface area contributed by atoms with Gasteiger partial charge >= 0.3 is 0 Å². The van der Waals surface area contributed by atoms with E-state index in [1.54, 1.807) is 18.6 Å². The van der Waals surface area contributed by atoms with Crippen LogP contribution in [0.15, 0.2) is 48.9 Å². The molecule has 3 N–H and O–H groups in total. The van der Waals surface area contributed by atoms with Crippen molar-refractivity contribution in [2.24, 2.45) is 0 Å². The molecule has 4 aromatic rings. The zero-order chi connectivity index (χ0) is 14.2. The Balaban J connectivity index is 1.93. The van der Waals surface area contributed by atoms with Crippen LogP contribution in [0.1, 0.15) is 0 Å². The van der Waals surface area contributed by atoms with E-state index in [0.29, 0.717) is 22.7 Å². The minimum Gasteiger partial charge on any atom is -0.383 e. The fourth-order valence-corrected chi connectivity index (χ4v) is 2.26. The van der Waals surface area contributed by atoms with Crippen molar-refractivity contribution < 1.29 is 0 Å². The summed E-state index contributed by atoms with van der Waals surface area (Å²) in [5.74, 6) is 0.981. The monoisotopic (exact) mass is 277 g/mol. The zero-order valence-electron chi connectivity index (χ0n) is 10.9. The molecule has 0 aliphatic rings. The van der Waals surface area contributed by atoms with Gasteiger partial charge in [0, 0.05) is 11.8 Å². The second-order valence-corrected chi connectivity index (χ2v) is 4.51. The number of anilines is 1. The predicted octanol–water partition coefficient (Wildman–Crippen LogP) is 1.79. The number of nitrogens with two attached hydrogens (primary N) is 1. The largest absolute Gasteiger partial charge is 0.383 e. The lowest BCUT2D eigenvalue weighted by molar-refractivity contribution is 0.757. The first kappa shape index (κ1) is 11.6. The Morgan fingerprint density at radius 2 is 1.76 bits per heavy atom. The van der Waals surface area contributed by atoms with Crippen molar-refractivity contribution in [1.82, 2.24) is 29.9 Å². The van der Waals surface area contributed by atoms with Gasteiger partial charge in [-0.1, -0.05) is 30.3 Å². The van der Waals surface area contributed by atoms with Crippen molar-refractivity contribution in [2.75, 3.05) is 5.73 Å². The number of hydrogen-bond donors (Lipinski definition) is 2. The summed E-state index contributed by atoms with van der Waals surface area (Å²) in [6.07, 6.45) is 4.98. The van der Waals surface area contributed by atoms with Crippen LogP contribution in [-0.2, 0) is 0 Å². The van der Waals surface area contributed by atoms with Crippen LogP contribution >= 0.6 is 0 Å². The van der Waals surface area contributed by atoms with Gasteiger partial charge in [0.1, 0.15) is 17.2 Å². The number of nitrogens with one attached hydrogen (secondary N) is 1. The minimum atomic E-state index is 0.396. The molecular weight excluding hydrogens is 266 g/mol. The molecular formula is C14H11N7. The van der Waals surface area contributed by atoms with Crippen molar-refractivity contribution in [3.8, 4) is 17.1 Å². The molecule has 21 heavy (non-hydrogen) atoms. The van der Waals surface area contributed by atoms with Crippen molar-refractivity contribution in [2.45, 2.75) is 0 Å². The molecule has 1 aromatic carbocycles. The zero-order valence-corrected chi connectivity index (χ0v) is 10.9. The van der Waals surface area contributed by atoms with Crippen molar-refractivity contribution in [3.63, 3.8) is 0 Å². The Hall–Kier alpha value is -3.22. The van der Waals surface area contributed by atoms with Crippen LogP contribution in [-0.4, -0.2) is 29.9 Å². The number of benzene rings is 1. The highest BCUT2D eigenvalue weighted by atomic mass is 15.5. The van der Waals surface area contributed by atoms with Gasteiger partial charge in [0.2, 0.25) is 0 Å². The van der Waals surface area contributed by atoms with Gasteiger partial charge in [0.15, 0.2) is 5.82 Å². The second-order valence-electron chi connectivity index (χ2n) is 4.51. The van der Waals surface area contributed by atoms with Crippen molar-refractivity contribution in [3.05, 3.63) is 48.9 Å². The molecule has 0 saturated carbocycles. The first-order valence-corrected chi connectivity index (χ1v) is 6.39. The molecule has 7 nitrogen and oxygen atoms in total. The molecule has 0 aliphatic heterocycles.